The standard InChI is InChI=1S/C16H16F10N2/c17-11-8-9(15(21,22)23)7-10(16(24,25)26)13(11)12(1-2-14(18,19)20)28-5-3-27-4-6-28/h7-8,12,27H,1-6H2/t12-/m0/s1. The van der Waals surface area contributed by atoms with E-state index in [1.807, 2.05) is 0 Å². The molecule has 12 heteroatoms. The van der Waals surface area contributed by atoms with Crippen LogP contribution in [0, 0.1) is 5.82 Å². The maximum Gasteiger partial charge on any atom is 0.416 e. The zero-order chi connectivity index (χ0) is 21.3. The molecule has 0 spiro atoms. The quantitative estimate of drug-likeness (QED) is 0.670. The van der Waals surface area contributed by atoms with Crippen LogP contribution in [0.4, 0.5) is 43.9 Å². The minimum Gasteiger partial charge on any atom is -0.314 e. The van der Waals surface area contributed by atoms with E-state index in [-0.39, 0.29) is 38.3 Å². The van der Waals surface area contributed by atoms with Crippen molar-refractivity contribution in [2.24, 2.45) is 0 Å². The van der Waals surface area contributed by atoms with Crippen molar-refractivity contribution in [2.75, 3.05) is 26.2 Å². The molecule has 0 unspecified atom stereocenters. The molecule has 1 N–H and O–H groups in total. The molecule has 0 radical (unpaired) electrons. The monoisotopic (exact) mass is 426 g/mol. The number of hydrogen-bond acceptors (Lipinski definition) is 2. The molecule has 0 bridgehead atoms. The van der Waals surface area contributed by atoms with Crippen LogP contribution in [0.1, 0.15) is 35.6 Å². The summed E-state index contributed by atoms with van der Waals surface area (Å²) in [5.41, 5.74) is -4.95. The van der Waals surface area contributed by atoms with Crippen molar-refractivity contribution in [2.45, 2.75) is 37.4 Å². The maximum atomic E-state index is 14.5. The third kappa shape index (κ3) is 5.72. The van der Waals surface area contributed by atoms with Crippen LogP contribution in [0.15, 0.2) is 12.1 Å². The molecule has 1 aliphatic rings. The lowest BCUT2D eigenvalue weighted by atomic mass is 9.92. The third-order valence-electron chi connectivity index (χ3n) is 4.39. The number of hydrogen-bond donors (Lipinski definition) is 1. The van der Waals surface area contributed by atoms with Crippen LogP contribution < -0.4 is 5.32 Å². The van der Waals surface area contributed by atoms with Crippen LogP contribution in [0.2, 0.25) is 0 Å². The number of alkyl halides is 9. The highest BCUT2D eigenvalue weighted by Gasteiger charge is 2.43. The molecule has 1 aromatic carbocycles. The Hall–Kier alpha value is -1.56. The zero-order valence-corrected chi connectivity index (χ0v) is 14.2. The summed E-state index contributed by atoms with van der Waals surface area (Å²) in [5, 5.41) is 2.85. The van der Waals surface area contributed by atoms with Gasteiger partial charge in [-0.1, -0.05) is 0 Å². The van der Waals surface area contributed by atoms with Gasteiger partial charge >= 0.3 is 18.5 Å². The van der Waals surface area contributed by atoms with Crippen LogP contribution in [0.25, 0.3) is 0 Å². The molecule has 1 saturated heterocycles. The smallest absolute Gasteiger partial charge is 0.314 e. The highest BCUT2D eigenvalue weighted by Crippen LogP contribution is 2.43. The molecule has 1 atom stereocenters. The van der Waals surface area contributed by atoms with E-state index in [0.29, 0.717) is 0 Å². The van der Waals surface area contributed by atoms with E-state index in [9.17, 15) is 43.9 Å². The fourth-order valence-corrected chi connectivity index (χ4v) is 3.16. The normalized spacial score (nSPS) is 18.4. The van der Waals surface area contributed by atoms with Crippen molar-refractivity contribution in [1.29, 1.82) is 0 Å². The van der Waals surface area contributed by atoms with Gasteiger partial charge in [0.05, 0.1) is 11.1 Å². The van der Waals surface area contributed by atoms with Crippen LogP contribution >= 0.6 is 0 Å². The first-order valence-electron chi connectivity index (χ1n) is 8.19. The number of rotatable bonds is 4. The summed E-state index contributed by atoms with van der Waals surface area (Å²) >= 11 is 0. The second kappa shape index (κ2) is 8.05. The van der Waals surface area contributed by atoms with Crippen molar-refractivity contribution >= 4 is 0 Å². The Balaban J connectivity index is 2.59. The number of benzene rings is 1. The van der Waals surface area contributed by atoms with E-state index in [0.717, 1.165) is 0 Å². The first-order valence-corrected chi connectivity index (χ1v) is 8.19. The molecule has 0 saturated carbocycles. The van der Waals surface area contributed by atoms with E-state index in [2.05, 4.69) is 5.32 Å². The highest BCUT2D eigenvalue weighted by molar-refractivity contribution is 5.39. The first-order chi connectivity index (χ1) is 12.7. The van der Waals surface area contributed by atoms with E-state index in [1.165, 1.54) is 4.90 Å². The Morgan fingerprint density at radius 3 is 1.93 bits per heavy atom. The third-order valence-corrected chi connectivity index (χ3v) is 4.39. The van der Waals surface area contributed by atoms with E-state index >= 15 is 0 Å². The van der Waals surface area contributed by atoms with Crippen LogP contribution in [-0.2, 0) is 12.4 Å². The lowest BCUT2D eigenvalue weighted by Crippen LogP contribution is -2.46. The van der Waals surface area contributed by atoms with Gasteiger partial charge in [-0.3, -0.25) is 4.90 Å². The fraction of sp³-hybridized carbons (Fsp3) is 0.625. The zero-order valence-electron chi connectivity index (χ0n) is 14.2. The highest BCUT2D eigenvalue weighted by atomic mass is 19.4. The molecule has 2 rings (SSSR count). The Morgan fingerprint density at radius 2 is 1.46 bits per heavy atom. The molecule has 28 heavy (non-hydrogen) atoms. The maximum absolute atomic E-state index is 14.5. The predicted octanol–water partition coefficient (Wildman–Crippen LogP) is 5.15. The van der Waals surface area contributed by atoms with E-state index in [1.54, 1.807) is 0 Å². The summed E-state index contributed by atoms with van der Waals surface area (Å²) in [5.74, 6) is -1.83. The molecule has 1 heterocycles. The van der Waals surface area contributed by atoms with Gasteiger partial charge in [0.15, 0.2) is 0 Å². The van der Waals surface area contributed by atoms with Gasteiger partial charge in [0, 0.05) is 44.2 Å². The molecule has 0 amide bonds. The van der Waals surface area contributed by atoms with Crippen molar-refractivity contribution < 1.29 is 43.9 Å². The lowest BCUT2D eigenvalue weighted by molar-refractivity contribution is -0.144. The summed E-state index contributed by atoms with van der Waals surface area (Å²) in [6.07, 6.45) is -17.7. The summed E-state index contributed by atoms with van der Waals surface area (Å²) in [6, 6.07) is -2.02. The molecular weight excluding hydrogens is 410 g/mol. The lowest BCUT2D eigenvalue weighted by Gasteiger charge is -2.37. The number of halogens is 10. The largest absolute Gasteiger partial charge is 0.416 e. The molecule has 1 aliphatic heterocycles. The van der Waals surface area contributed by atoms with Gasteiger partial charge < -0.3 is 5.32 Å². The van der Waals surface area contributed by atoms with E-state index in [4.69, 9.17) is 0 Å². The predicted molar refractivity (Wildman–Crippen MR) is 78.9 cm³/mol. The van der Waals surface area contributed by atoms with Gasteiger partial charge in [0.1, 0.15) is 5.82 Å². The Kier molecular flexibility index (Phi) is 6.54. The summed E-state index contributed by atoms with van der Waals surface area (Å²) in [6.45, 7) is 0.540. The molecule has 0 aromatic heterocycles. The molecule has 0 aliphatic carbocycles. The van der Waals surface area contributed by atoms with Gasteiger partial charge in [-0.2, -0.15) is 39.5 Å². The molecule has 1 aromatic rings. The minimum absolute atomic E-state index is 0.0281. The number of piperazine rings is 1. The van der Waals surface area contributed by atoms with Gasteiger partial charge in [-0.05, 0) is 18.6 Å². The van der Waals surface area contributed by atoms with Crippen LogP contribution in [0.5, 0.6) is 0 Å². The summed E-state index contributed by atoms with van der Waals surface area (Å²) in [4.78, 5) is 1.23. The second-order valence-electron chi connectivity index (χ2n) is 6.37. The molecular formula is C16H16F10N2. The fourth-order valence-electron chi connectivity index (χ4n) is 3.16. The topological polar surface area (TPSA) is 15.3 Å². The second-order valence-corrected chi connectivity index (χ2v) is 6.37. The molecule has 2 nitrogen and oxygen atoms in total. The van der Waals surface area contributed by atoms with Crippen LogP contribution in [0.3, 0.4) is 0 Å². The van der Waals surface area contributed by atoms with Gasteiger partial charge in [0.25, 0.3) is 0 Å². The van der Waals surface area contributed by atoms with Crippen molar-refractivity contribution in [1.82, 2.24) is 10.2 Å². The van der Waals surface area contributed by atoms with E-state index < -0.39 is 59.9 Å². The van der Waals surface area contributed by atoms with Crippen molar-refractivity contribution in [3.05, 3.63) is 34.6 Å². The molecule has 1 fully saturated rings. The summed E-state index contributed by atoms with van der Waals surface area (Å²) in [7, 11) is 0. The average Bonchev–Trinajstić information content (AvgIpc) is 2.54. The first kappa shape index (κ1) is 22.7. The number of nitrogens with zero attached hydrogens (tertiary/aromatic N) is 1. The number of nitrogens with one attached hydrogen (secondary N) is 1. The van der Waals surface area contributed by atoms with Crippen LogP contribution in [-0.4, -0.2) is 37.3 Å². The minimum atomic E-state index is -5.37. The van der Waals surface area contributed by atoms with Crippen molar-refractivity contribution in [3.63, 3.8) is 0 Å². The van der Waals surface area contributed by atoms with Gasteiger partial charge in [0.2, 0.25) is 0 Å². The van der Waals surface area contributed by atoms with Crippen molar-refractivity contribution in [3.8, 4) is 0 Å². The van der Waals surface area contributed by atoms with Gasteiger partial charge in [-0.15, -0.1) is 0 Å². The SMILES string of the molecule is Fc1cc(C(F)(F)F)cc(C(F)(F)F)c1[C@H](CCC(F)(F)F)N1CCNCC1. The Morgan fingerprint density at radius 1 is 0.893 bits per heavy atom. The Bertz CT molecular complexity index is 672. The Labute approximate surface area is 153 Å². The average molecular weight is 426 g/mol. The van der Waals surface area contributed by atoms with Gasteiger partial charge in [-0.25, -0.2) is 4.39 Å². The summed E-state index contributed by atoms with van der Waals surface area (Å²) < 4.78 is 131. The molecule has 160 valence electrons.